The molecule has 5 nitrogen and oxygen atoms in total. The molecule has 0 spiro atoms. The van der Waals surface area contributed by atoms with Crippen LogP contribution < -0.4 is 5.32 Å². The molecule has 2 rings (SSSR count). The molecule has 0 saturated carbocycles. The number of hydrogen-bond acceptors (Lipinski definition) is 4. The summed E-state index contributed by atoms with van der Waals surface area (Å²) in [6, 6.07) is 0. The van der Waals surface area contributed by atoms with Crippen LogP contribution in [0.1, 0.15) is 47.5 Å². The van der Waals surface area contributed by atoms with Gasteiger partial charge < -0.3 is 5.32 Å². The van der Waals surface area contributed by atoms with E-state index in [0.717, 1.165) is 24.8 Å². The van der Waals surface area contributed by atoms with Crippen molar-refractivity contribution in [1.82, 2.24) is 9.62 Å². The highest BCUT2D eigenvalue weighted by atomic mass is 32.2. The van der Waals surface area contributed by atoms with Crippen LogP contribution >= 0.6 is 11.3 Å². The Morgan fingerprint density at radius 2 is 2.22 bits per heavy atom. The van der Waals surface area contributed by atoms with Crippen LogP contribution in [0.3, 0.4) is 0 Å². The quantitative estimate of drug-likeness (QED) is 0.761. The van der Waals surface area contributed by atoms with Gasteiger partial charge in [-0.3, -0.25) is 4.79 Å². The van der Waals surface area contributed by atoms with E-state index in [-0.39, 0.29) is 11.7 Å². The average Bonchev–Trinajstić information content (AvgIpc) is 2.93. The van der Waals surface area contributed by atoms with Gasteiger partial charge in [0.25, 0.3) is 5.91 Å². The zero-order valence-corrected chi connectivity index (χ0v) is 15.7. The van der Waals surface area contributed by atoms with Crippen molar-refractivity contribution in [2.45, 2.75) is 39.5 Å². The van der Waals surface area contributed by atoms with E-state index in [1.807, 2.05) is 5.38 Å². The van der Waals surface area contributed by atoms with Crippen LogP contribution in [-0.2, 0) is 22.9 Å². The summed E-state index contributed by atoms with van der Waals surface area (Å²) in [7, 11) is -1.56. The van der Waals surface area contributed by atoms with E-state index in [9.17, 15) is 13.2 Å². The van der Waals surface area contributed by atoms with Gasteiger partial charge in [0.1, 0.15) is 0 Å². The van der Waals surface area contributed by atoms with Gasteiger partial charge in [-0.25, -0.2) is 12.7 Å². The van der Waals surface area contributed by atoms with Gasteiger partial charge in [-0.05, 0) is 44.1 Å². The number of carbonyl (C=O) groups is 1. The van der Waals surface area contributed by atoms with Crippen LogP contribution in [0, 0.1) is 5.92 Å². The SMILES string of the molecule is CCS(=O)(=O)N(C)CCCNC(=O)c1csc2c1CCC(C)C2. The first-order chi connectivity index (χ1) is 10.8. The molecule has 1 aromatic heterocycles. The van der Waals surface area contributed by atoms with E-state index in [1.54, 1.807) is 25.3 Å². The Hall–Kier alpha value is -0.920. The van der Waals surface area contributed by atoms with Gasteiger partial charge in [-0.2, -0.15) is 0 Å². The Morgan fingerprint density at radius 1 is 1.48 bits per heavy atom. The number of nitrogens with zero attached hydrogens (tertiary/aromatic N) is 1. The van der Waals surface area contributed by atoms with Crippen molar-refractivity contribution in [1.29, 1.82) is 0 Å². The molecule has 0 bridgehead atoms. The molecule has 1 unspecified atom stereocenters. The number of thiophene rings is 1. The standard InChI is InChI=1S/C16H26N2O3S2/c1-4-23(20,21)18(3)9-5-8-17-16(19)14-11-22-15-10-12(2)6-7-13(14)15/h11-12H,4-10H2,1-3H3,(H,17,19). The van der Waals surface area contributed by atoms with Gasteiger partial charge in [0.2, 0.25) is 10.0 Å². The van der Waals surface area contributed by atoms with E-state index in [0.29, 0.717) is 25.4 Å². The maximum Gasteiger partial charge on any atom is 0.252 e. The molecular weight excluding hydrogens is 332 g/mol. The van der Waals surface area contributed by atoms with Gasteiger partial charge in [0.15, 0.2) is 0 Å². The fraction of sp³-hybridized carbons (Fsp3) is 0.688. The third kappa shape index (κ3) is 4.55. The summed E-state index contributed by atoms with van der Waals surface area (Å²) in [5, 5.41) is 4.88. The summed E-state index contributed by atoms with van der Waals surface area (Å²) in [6.45, 7) is 4.80. The van der Waals surface area contributed by atoms with Gasteiger partial charge in [0, 0.05) is 30.4 Å². The second-order valence-corrected chi connectivity index (χ2v) is 9.56. The minimum absolute atomic E-state index is 0.0296. The predicted molar refractivity (Wildman–Crippen MR) is 94.5 cm³/mol. The first-order valence-corrected chi connectivity index (χ1v) is 10.7. The van der Waals surface area contributed by atoms with Crippen LogP contribution in [0.15, 0.2) is 5.38 Å². The fourth-order valence-corrected chi connectivity index (χ4v) is 4.92. The van der Waals surface area contributed by atoms with E-state index in [1.165, 1.54) is 14.7 Å². The second-order valence-electron chi connectivity index (χ2n) is 6.23. The maximum atomic E-state index is 12.3. The molecule has 1 aliphatic carbocycles. The van der Waals surface area contributed by atoms with Gasteiger partial charge in [-0.1, -0.05) is 6.92 Å². The van der Waals surface area contributed by atoms with Crippen LogP contribution in [0.5, 0.6) is 0 Å². The third-order valence-electron chi connectivity index (χ3n) is 4.42. The summed E-state index contributed by atoms with van der Waals surface area (Å²) < 4.78 is 24.6. The smallest absolute Gasteiger partial charge is 0.252 e. The Balaban J connectivity index is 1.82. The Kier molecular flexibility index (Phi) is 6.22. The van der Waals surface area contributed by atoms with Crippen molar-refractivity contribution in [3.05, 3.63) is 21.4 Å². The molecule has 0 radical (unpaired) electrons. The molecule has 1 amide bonds. The van der Waals surface area contributed by atoms with Crippen LogP contribution in [-0.4, -0.2) is 44.5 Å². The van der Waals surface area contributed by atoms with Crippen LogP contribution in [0.4, 0.5) is 0 Å². The molecule has 1 atom stereocenters. The number of fused-ring (bicyclic) bond motifs is 1. The van der Waals surface area contributed by atoms with E-state index >= 15 is 0 Å². The zero-order valence-electron chi connectivity index (χ0n) is 14.1. The largest absolute Gasteiger partial charge is 0.352 e. The number of sulfonamides is 1. The molecule has 7 heteroatoms. The lowest BCUT2D eigenvalue weighted by atomic mass is 9.88. The topological polar surface area (TPSA) is 66.5 Å². The molecule has 130 valence electrons. The summed E-state index contributed by atoms with van der Waals surface area (Å²) >= 11 is 1.69. The first-order valence-electron chi connectivity index (χ1n) is 8.16. The highest BCUT2D eigenvalue weighted by molar-refractivity contribution is 7.89. The molecule has 0 fully saturated rings. The number of nitrogens with one attached hydrogen (secondary N) is 1. The first kappa shape index (κ1) is 18.4. The van der Waals surface area contributed by atoms with Crippen LogP contribution in [0.2, 0.25) is 0 Å². The van der Waals surface area contributed by atoms with Crippen molar-refractivity contribution in [3.63, 3.8) is 0 Å². The number of amides is 1. The van der Waals surface area contributed by atoms with Crippen molar-refractivity contribution in [3.8, 4) is 0 Å². The van der Waals surface area contributed by atoms with Gasteiger partial charge in [0.05, 0.1) is 11.3 Å². The lowest BCUT2D eigenvalue weighted by molar-refractivity contribution is 0.0952. The lowest BCUT2D eigenvalue weighted by Gasteiger charge is -2.19. The van der Waals surface area contributed by atoms with Crippen molar-refractivity contribution < 1.29 is 13.2 Å². The molecule has 1 aliphatic rings. The lowest BCUT2D eigenvalue weighted by Crippen LogP contribution is -2.32. The van der Waals surface area contributed by atoms with E-state index < -0.39 is 10.0 Å². The number of carbonyl (C=O) groups excluding carboxylic acids is 1. The summed E-state index contributed by atoms with van der Waals surface area (Å²) in [5.74, 6) is 0.779. The van der Waals surface area contributed by atoms with E-state index in [4.69, 9.17) is 0 Å². The number of rotatable bonds is 7. The Morgan fingerprint density at radius 3 is 2.91 bits per heavy atom. The second kappa shape index (κ2) is 7.77. The summed E-state index contributed by atoms with van der Waals surface area (Å²) in [5.41, 5.74) is 2.03. The minimum atomic E-state index is -3.14. The monoisotopic (exact) mass is 358 g/mol. The zero-order chi connectivity index (χ0) is 17.0. The highest BCUT2D eigenvalue weighted by Crippen LogP contribution is 2.32. The Bertz CT molecular complexity index is 652. The molecule has 0 aromatic carbocycles. The molecule has 1 heterocycles. The molecule has 0 aliphatic heterocycles. The molecule has 0 saturated heterocycles. The van der Waals surface area contributed by atoms with Crippen molar-refractivity contribution in [2.24, 2.45) is 5.92 Å². The normalized spacial score (nSPS) is 18.0. The number of hydrogen-bond donors (Lipinski definition) is 1. The third-order valence-corrected chi connectivity index (χ3v) is 7.33. The average molecular weight is 359 g/mol. The van der Waals surface area contributed by atoms with Crippen molar-refractivity contribution in [2.75, 3.05) is 25.9 Å². The maximum absolute atomic E-state index is 12.3. The molecule has 1 N–H and O–H groups in total. The summed E-state index contributed by atoms with van der Waals surface area (Å²) in [4.78, 5) is 13.7. The van der Waals surface area contributed by atoms with Gasteiger partial charge >= 0.3 is 0 Å². The van der Waals surface area contributed by atoms with Gasteiger partial charge in [-0.15, -0.1) is 11.3 Å². The fourth-order valence-electron chi connectivity index (χ4n) is 2.83. The predicted octanol–water partition coefficient (Wildman–Crippen LogP) is 2.27. The van der Waals surface area contributed by atoms with E-state index in [2.05, 4.69) is 12.2 Å². The van der Waals surface area contributed by atoms with Crippen molar-refractivity contribution >= 4 is 27.3 Å². The molecule has 1 aromatic rings. The summed E-state index contributed by atoms with van der Waals surface area (Å²) in [6.07, 6.45) is 3.82. The highest BCUT2D eigenvalue weighted by Gasteiger charge is 2.23. The Labute approximate surface area is 143 Å². The van der Waals surface area contributed by atoms with Crippen LogP contribution in [0.25, 0.3) is 0 Å². The molecule has 23 heavy (non-hydrogen) atoms. The minimum Gasteiger partial charge on any atom is -0.352 e. The molecular formula is C16H26N2O3S2.